The van der Waals surface area contributed by atoms with Gasteiger partial charge in [0.05, 0.1) is 8.07 Å². The molecule has 0 radical (unpaired) electrons. The summed E-state index contributed by atoms with van der Waals surface area (Å²) in [6, 6.07) is 11.8. The Hall–Kier alpha value is -0.603. The molecule has 2 rings (SSSR count). The largest absolute Gasteiger partial charge is 0.299 e. The third kappa shape index (κ3) is 3.96. The Labute approximate surface area is 113 Å². The van der Waals surface area contributed by atoms with E-state index in [0.717, 1.165) is 0 Å². The Morgan fingerprint density at radius 3 is 2.44 bits per heavy atom. The zero-order chi connectivity index (χ0) is 13.0. The molecule has 0 saturated carbocycles. The van der Waals surface area contributed by atoms with Crippen LogP contribution < -0.4 is 0 Å². The molecule has 1 atom stereocenters. The van der Waals surface area contributed by atoms with Crippen molar-refractivity contribution in [2.75, 3.05) is 12.7 Å². The van der Waals surface area contributed by atoms with Crippen molar-refractivity contribution in [3.63, 3.8) is 0 Å². The highest BCUT2D eigenvalue weighted by atomic mass is 28.3. The zero-order valence-corrected chi connectivity index (χ0v) is 13.2. The minimum Gasteiger partial charge on any atom is -0.299 e. The van der Waals surface area contributed by atoms with Crippen molar-refractivity contribution in [1.82, 2.24) is 4.90 Å². The van der Waals surface area contributed by atoms with Gasteiger partial charge in [-0.25, -0.2) is 0 Å². The van der Waals surface area contributed by atoms with Gasteiger partial charge in [0, 0.05) is 6.04 Å². The summed E-state index contributed by atoms with van der Waals surface area (Å²) in [4.78, 5) is 2.77. The summed E-state index contributed by atoms with van der Waals surface area (Å²) in [5.41, 5.74) is 1.53. The lowest BCUT2D eigenvalue weighted by molar-refractivity contribution is 0.232. The van der Waals surface area contributed by atoms with Gasteiger partial charge in [0.1, 0.15) is 0 Å². The molecule has 1 aromatic carbocycles. The average Bonchev–Trinajstić information content (AvgIpc) is 2.53. The Balaban J connectivity index is 2.17. The summed E-state index contributed by atoms with van der Waals surface area (Å²) in [5, 5.41) is 0. The number of nitrogens with zero attached hydrogens (tertiary/aromatic N) is 1. The molecular weight excluding hydrogens is 234 g/mol. The first-order valence-electron chi connectivity index (χ1n) is 7.35. The second kappa shape index (κ2) is 6.03. The molecule has 0 bridgehead atoms. The molecule has 0 aromatic heterocycles. The van der Waals surface area contributed by atoms with Crippen molar-refractivity contribution in [3.05, 3.63) is 35.9 Å². The van der Waals surface area contributed by atoms with Crippen molar-refractivity contribution in [2.24, 2.45) is 0 Å². The maximum atomic E-state index is 2.77. The molecule has 0 N–H and O–H groups in total. The highest BCUT2D eigenvalue weighted by molar-refractivity contribution is 6.76. The van der Waals surface area contributed by atoms with Gasteiger partial charge in [0.25, 0.3) is 0 Å². The van der Waals surface area contributed by atoms with Crippen LogP contribution in [-0.2, 0) is 0 Å². The molecule has 1 aliphatic heterocycles. The molecule has 0 spiro atoms. The van der Waals surface area contributed by atoms with Gasteiger partial charge in [-0.15, -0.1) is 0 Å². The van der Waals surface area contributed by atoms with E-state index in [0.29, 0.717) is 6.04 Å². The summed E-state index contributed by atoms with van der Waals surface area (Å²) in [7, 11) is -1.02. The van der Waals surface area contributed by atoms with E-state index < -0.39 is 8.07 Å². The number of likely N-dealkylation sites (tertiary alicyclic amines) is 1. The smallest absolute Gasteiger partial charge is 0.0599 e. The molecule has 100 valence electrons. The second-order valence-electron chi connectivity index (χ2n) is 6.81. The van der Waals surface area contributed by atoms with Gasteiger partial charge in [-0.2, -0.15) is 0 Å². The van der Waals surface area contributed by atoms with E-state index in [9.17, 15) is 0 Å². The van der Waals surface area contributed by atoms with Gasteiger partial charge < -0.3 is 0 Å². The third-order valence-electron chi connectivity index (χ3n) is 3.73. The summed E-state index contributed by atoms with van der Waals surface area (Å²) in [5.74, 6) is 0. The van der Waals surface area contributed by atoms with E-state index in [1.54, 1.807) is 0 Å². The van der Waals surface area contributed by atoms with Crippen LogP contribution in [0.25, 0.3) is 0 Å². The summed E-state index contributed by atoms with van der Waals surface area (Å²) >= 11 is 0. The average molecular weight is 261 g/mol. The van der Waals surface area contributed by atoms with Crippen LogP contribution in [0.5, 0.6) is 0 Å². The first-order valence-corrected chi connectivity index (χ1v) is 11.1. The lowest BCUT2D eigenvalue weighted by Crippen LogP contribution is -2.42. The maximum Gasteiger partial charge on any atom is 0.0599 e. The predicted molar refractivity (Wildman–Crippen MR) is 82.6 cm³/mol. The Bertz CT molecular complexity index is 355. The fourth-order valence-corrected chi connectivity index (χ4v) is 4.62. The van der Waals surface area contributed by atoms with Crippen LogP contribution in [0, 0.1) is 0 Å². The van der Waals surface area contributed by atoms with Crippen molar-refractivity contribution >= 4 is 8.07 Å². The van der Waals surface area contributed by atoms with Crippen LogP contribution in [0.1, 0.15) is 37.3 Å². The van der Waals surface area contributed by atoms with Crippen LogP contribution in [0.4, 0.5) is 0 Å². The molecule has 1 nitrogen and oxygen atoms in total. The predicted octanol–water partition coefficient (Wildman–Crippen LogP) is 4.48. The third-order valence-corrected chi connectivity index (χ3v) is 5.08. The molecule has 1 unspecified atom stereocenters. The first kappa shape index (κ1) is 13.8. The van der Waals surface area contributed by atoms with Crippen LogP contribution in [0.3, 0.4) is 0 Å². The van der Waals surface area contributed by atoms with E-state index in [-0.39, 0.29) is 0 Å². The van der Waals surface area contributed by atoms with Gasteiger partial charge in [0.2, 0.25) is 0 Å². The Morgan fingerprint density at radius 2 is 1.78 bits per heavy atom. The van der Waals surface area contributed by atoms with Gasteiger partial charge >= 0.3 is 0 Å². The molecule has 1 heterocycles. The highest BCUT2D eigenvalue weighted by Crippen LogP contribution is 2.30. The molecular formula is C16H27NSi. The number of hydrogen-bond acceptors (Lipinski definition) is 1. The second-order valence-corrected chi connectivity index (χ2v) is 12.2. The van der Waals surface area contributed by atoms with Gasteiger partial charge in [-0.3, -0.25) is 4.90 Å². The number of hydrogen-bond donors (Lipinski definition) is 0. The van der Waals surface area contributed by atoms with Gasteiger partial charge in [-0.05, 0) is 31.1 Å². The fourth-order valence-electron chi connectivity index (χ4n) is 3.02. The Morgan fingerprint density at radius 1 is 1.06 bits per heavy atom. The van der Waals surface area contributed by atoms with E-state index in [4.69, 9.17) is 0 Å². The van der Waals surface area contributed by atoms with Gasteiger partial charge in [-0.1, -0.05) is 62.8 Å². The zero-order valence-electron chi connectivity index (χ0n) is 12.2. The number of benzene rings is 1. The van der Waals surface area contributed by atoms with Gasteiger partial charge in [0.15, 0.2) is 0 Å². The lowest BCUT2D eigenvalue weighted by Gasteiger charge is -2.34. The minimum absolute atomic E-state index is 0.667. The number of rotatable bonds is 3. The van der Waals surface area contributed by atoms with E-state index in [1.807, 2.05) is 0 Å². The maximum absolute atomic E-state index is 2.77. The summed E-state index contributed by atoms with van der Waals surface area (Å²) < 4.78 is 0. The van der Waals surface area contributed by atoms with Crippen LogP contribution in [-0.4, -0.2) is 25.7 Å². The monoisotopic (exact) mass is 261 g/mol. The van der Waals surface area contributed by atoms with Crippen LogP contribution in [0.2, 0.25) is 19.6 Å². The summed E-state index contributed by atoms with van der Waals surface area (Å²) in [6.07, 6.45) is 6.86. The van der Waals surface area contributed by atoms with Crippen LogP contribution >= 0.6 is 0 Å². The molecule has 1 aliphatic rings. The van der Waals surface area contributed by atoms with E-state index in [2.05, 4.69) is 54.9 Å². The molecule has 1 fully saturated rings. The standard InChI is InChI=1S/C16H27NSi/c1-18(2,3)14-17-13-9-5-8-12-16(17)15-10-6-4-7-11-15/h4,6-7,10-11,16H,5,8-9,12-14H2,1-3H3. The topological polar surface area (TPSA) is 3.24 Å². The normalized spacial score (nSPS) is 22.7. The fraction of sp³-hybridized carbons (Fsp3) is 0.625. The van der Waals surface area contributed by atoms with Crippen molar-refractivity contribution in [3.8, 4) is 0 Å². The SMILES string of the molecule is C[Si](C)(C)CN1CCCCCC1c1ccccc1. The highest BCUT2D eigenvalue weighted by Gasteiger charge is 2.26. The molecule has 0 aliphatic carbocycles. The van der Waals surface area contributed by atoms with E-state index >= 15 is 0 Å². The molecule has 18 heavy (non-hydrogen) atoms. The quantitative estimate of drug-likeness (QED) is 0.725. The Kier molecular flexibility index (Phi) is 4.63. The van der Waals surface area contributed by atoms with Crippen molar-refractivity contribution in [2.45, 2.75) is 51.4 Å². The first-order chi connectivity index (χ1) is 8.56. The summed E-state index contributed by atoms with van der Waals surface area (Å²) in [6.45, 7) is 8.75. The molecule has 2 heteroatoms. The molecule has 1 saturated heterocycles. The van der Waals surface area contributed by atoms with E-state index in [1.165, 1.54) is 44.0 Å². The van der Waals surface area contributed by atoms with Crippen molar-refractivity contribution < 1.29 is 0 Å². The molecule has 1 aromatic rings. The molecule has 0 amide bonds. The lowest BCUT2D eigenvalue weighted by atomic mass is 10.0. The van der Waals surface area contributed by atoms with Crippen molar-refractivity contribution in [1.29, 1.82) is 0 Å². The van der Waals surface area contributed by atoms with Crippen LogP contribution in [0.15, 0.2) is 30.3 Å². The minimum atomic E-state index is -1.02.